The second-order valence-electron chi connectivity index (χ2n) is 8.43. The van der Waals surface area contributed by atoms with Crippen molar-refractivity contribution in [2.24, 2.45) is 5.92 Å². The van der Waals surface area contributed by atoms with Crippen molar-refractivity contribution in [2.75, 3.05) is 17.6 Å². The molecule has 1 aromatic carbocycles. The van der Waals surface area contributed by atoms with E-state index in [1.54, 1.807) is 12.1 Å². The van der Waals surface area contributed by atoms with E-state index in [0.29, 0.717) is 29.4 Å². The third-order valence-electron chi connectivity index (χ3n) is 6.44. The number of anilines is 1. The number of aromatic hydroxyl groups is 1. The molecule has 0 saturated carbocycles. The fourth-order valence-electron chi connectivity index (χ4n) is 4.96. The van der Waals surface area contributed by atoms with E-state index in [1.165, 1.54) is 45.3 Å². The molecule has 3 N–H and O–H groups in total. The molecular formula is C21H21N7O6S. The van der Waals surface area contributed by atoms with Crippen molar-refractivity contribution >= 4 is 41.1 Å². The summed E-state index contributed by atoms with van der Waals surface area (Å²) < 4.78 is 1.30. The van der Waals surface area contributed by atoms with E-state index in [1.807, 2.05) is 0 Å². The number of nitrogens with zero attached hydrogens (tertiary/aromatic N) is 6. The third kappa shape index (κ3) is 3.88. The molecule has 0 bridgehead atoms. The highest BCUT2D eigenvalue weighted by Crippen LogP contribution is 2.49. The van der Waals surface area contributed by atoms with E-state index >= 15 is 0 Å². The summed E-state index contributed by atoms with van der Waals surface area (Å²) in [5.41, 5.74) is 1.07. The number of carbonyl (C=O) groups excluding carboxylic acids is 3. The van der Waals surface area contributed by atoms with Gasteiger partial charge < -0.3 is 20.4 Å². The highest BCUT2D eigenvalue weighted by molar-refractivity contribution is 7.99. The number of tetrazole rings is 1. The van der Waals surface area contributed by atoms with Gasteiger partial charge in [0.1, 0.15) is 24.0 Å². The van der Waals surface area contributed by atoms with Crippen molar-refractivity contribution in [2.45, 2.75) is 37.1 Å². The van der Waals surface area contributed by atoms with Crippen LogP contribution < -0.4 is 5.32 Å². The first-order valence-electron chi connectivity index (χ1n) is 10.8. The van der Waals surface area contributed by atoms with Gasteiger partial charge in [-0.05, 0) is 46.7 Å². The number of phenolic OH excluding ortho intramolecular Hbond substituents is 1. The average Bonchev–Trinajstić information content (AvgIpc) is 3.38. The SMILES string of the molecule is CC(=O)N1CCC2C(CSc3nnnn3CC(=O)Nc3ccc(O)cc3)=C(C(=O)O)N3C(=O)[C@@H]1[C@@H]23. The lowest BCUT2D eigenvalue weighted by atomic mass is 9.78. The van der Waals surface area contributed by atoms with Crippen molar-refractivity contribution in [3.05, 3.63) is 35.5 Å². The lowest BCUT2D eigenvalue weighted by Crippen LogP contribution is -2.73. The van der Waals surface area contributed by atoms with Gasteiger partial charge in [0, 0.05) is 30.8 Å². The number of nitrogens with one attached hydrogen (secondary N) is 1. The van der Waals surface area contributed by atoms with E-state index in [0.717, 1.165) is 0 Å². The molecule has 5 rings (SSSR count). The zero-order valence-electron chi connectivity index (χ0n) is 18.5. The minimum absolute atomic E-state index is 0.0387. The summed E-state index contributed by atoms with van der Waals surface area (Å²) in [4.78, 5) is 52.0. The lowest BCUT2D eigenvalue weighted by Gasteiger charge is -2.53. The Labute approximate surface area is 202 Å². The Bertz CT molecular complexity index is 1260. The number of carboxylic acids is 1. The smallest absolute Gasteiger partial charge is 0.352 e. The maximum atomic E-state index is 12.7. The summed E-state index contributed by atoms with van der Waals surface area (Å²) in [5, 5.41) is 33.6. The second-order valence-corrected chi connectivity index (χ2v) is 9.38. The molecule has 3 amide bonds. The molecule has 2 fully saturated rings. The number of aromatic nitrogens is 4. The molecule has 13 nitrogen and oxygen atoms in total. The monoisotopic (exact) mass is 499 g/mol. The molecule has 0 aliphatic carbocycles. The van der Waals surface area contributed by atoms with E-state index in [4.69, 9.17) is 0 Å². The second kappa shape index (κ2) is 8.69. The fourth-order valence-corrected chi connectivity index (χ4v) is 5.94. The van der Waals surface area contributed by atoms with Crippen LogP contribution in [-0.4, -0.2) is 88.3 Å². The number of thioether (sulfide) groups is 1. The Morgan fingerprint density at radius 2 is 1.97 bits per heavy atom. The summed E-state index contributed by atoms with van der Waals surface area (Å²) in [6.07, 6.45) is 0.553. The number of aliphatic carboxylic acids is 1. The predicted molar refractivity (Wildman–Crippen MR) is 120 cm³/mol. The molecule has 4 heterocycles. The van der Waals surface area contributed by atoms with Crippen LogP contribution >= 0.6 is 11.8 Å². The van der Waals surface area contributed by atoms with E-state index in [-0.39, 0.29) is 53.4 Å². The van der Waals surface area contributed by atoms with Gasteiger partial charge in [0.2, 0.25) is 17.0 Å². The van der Waals surface area contributed by atoms with Crippen LogP contribution in [0.25, 0.3) is 0 Å². The van der Waals surface area contributed by atoms with Crippen molar-refractivity contribution < 1.29 is 29.4 Å². The first-order chi connectivity index (χ1) is 16.8. The number of carbonyl (C=O) groups is 4. The van der Waals surface area contributed by atoms with Crippen LogP contribution in [0.4, 0.5) is 5.69 Å². The van der Waals surface area contributed by atoms with Gasteiger partial charge in [0.15, 0.2) is 0 Å². The van der Waals surface area contributed by atoms with Crippen LogP contribution in [0.1, 0.15) is 13.3 Å². The molecule has 35 heavy (non-hydrogen) atoms. The van der Waals surface area contributed by atoms with E-state index in [9.17, 15) is 29.4 Å². The summed E-state index contributed by atoms with van der Waals surface area (Å²) in [6, 6.07) is 5.01. The van der Waals surface area contributed by atoms with Crippen LogP contribution in [0.3, 0.4) is 0 Å². The Morgan fingerprint density at radius 3 is 2.66 bits per heavy atom. The number of hydrogen-bond acceptors (Lipinski definition) is 9. The van der Waals surface area contributed by atoms with Crippen LogP contribution in [0.15, 0.2) is 40.7 Å². The van der Waals surface area contributed by atoms with Crippen LogP contribution in [0.2, 0.25) is 0 Å². The minimum atomic E-state index is -1.19. The number of amides is 3. The number of rotatable bonds is 7. The van der Waals surface area contributed by atoms with Gasteiger partial charge in [0.05, 0.1) is 6.04 Å². The van der Waals surface area contributed by atoms with Crippen LogP contribution in [0.5, 0.6) is 5.75 Å². The normalized spacial score (nSPS) is 22.7. The largest absolute Gasteiger partial charge is 0.508 e. The van der Waals surface area contributed by atoms with Gasteiger partial charge in [-0.25, -0.2) is 9.48 Å². The maximum Gasteiger partial charge on any atom is 0.352 e. The number of β-lactam (4-membered cyclic amide) rings is 1. The van der Waals surface area contributed by atoms with Gasteiger partial charge in [0.25, 0.3) is 5.91 Å². The van der Waals surface area contributed by atoms with Crippen LogP contribution in [0, 0.1) is 5.92 Å². The topological polar surface area (TPSA) is 171 Å². The van der Waals surface area contributed by atoms with E-state index in [2.05, 4.69) is 20.8 Å². The fraction of sp³-hybridized carbons (Fsp3) is 0.381. The highest BCUT2D eigenvalue weighted by Gasteiger charge is 2.63. The molecule has 182 valence electrons. The molecule has 0 spiro atoms. The average molecular weight is 500 g/mol. The molecule has 14 heteroatoms. The summed E-state index contributed by atoms with van der Waals surface area (Å²) in [6.45, 7) is 1.62. The number of benzene rings is 1. The van der Waals surface area contributed by atoms with Crippen LogP contribution in [-0.2, 0) is 25.7 Å². The Morgan fingerprint density at radius 1 is 1.23 bits per heavy atom. The standard InChI is InChI=1S/C21H21N7O6S/c1-10(29)26-7-6-13-14(17(20(33)34)28-16(13)18(26)19(28)32)9-35-21-23-24-25-27(21)8-15(31)22-11-2-4-12(30)5-3-11/h2-5,13,16,18,30H,6-9H2,1H3,(H,22,31)(H,33,34)/t13?,16-,18+/m1/s1. The van der Waals surface area contributed by atoms with Crippen molar-refractivity contribution in [3.63, 3.8) is 0 Å². The maximum absolute atomic E-state index is 12.7. The quantitative estimate of drug-likeness (QED) is 0.266. The zero-order chi connectivity index (χ0) is 24.9. The molecule has 0 radical (unpaired) electrons. The number of hydrogen-bond donors (Lipinski definition) is 3. The van der Waals surface area contributed by atoms with Gasteiger partial charge in [-0.1, -0.05) is 11.8 Å². The first kappa shape index (κ1) is 22.8. The van der Waals surface area contributed by atoms with Gasteiger partial charge >= 0.3 is 5.97 Å². The summed E-state index contributed by atoms with van der Waals surface area (Å²) in [7, 11) is 0. The Balaban J connectivity index is 1.30. The predicted octanol–water partition coefficient (Wildman–Crippen LogP) is -0.0904. The number of likely N-dealkylation sites (tertiary alicyclic amines) is 1. The number of phenols is 1. The highest BCUT2D eigenvalue weighted by atomic mass is 32.2. The molecule has 3 aliphatic heterocycles. The minimum Gasteiger partial charge on any atom is -0.508 e. The van der Waals surface area contributed by atoms with Gasteiger partial charge in [-0.15, -0.1) is 5.10 Å². The van der Waals surface area contributed by atoms with Crippen molar-refractivity contribution in [1.29, 1.82) is 0 Å². The Hall–Kier alpha value is -3.94. The summed E-state index contributed by atoms with van der Waals surface area (Å²) >= 11 is 1.18. The molecule has 2 aromatic rings. The molecular weight excluding hydrogens is 478 g/mol. The molecule has 1 aromatic heterocycles. The molecule has 1 unspecified atom stereocenters. The van der Waals surface area contributed by atoms with E-state index < -0.39 is 12.0 Å². The van der Waals surface area contributed by atoms with Crippen molar-refractivity contribution in [3.8, 4) is 5.75 Å². The van der Waals surface area contributed by atoms with Crippen molar-refractivity contribution in [1.82, 2.24) is 30.0 Å². The molecule has 3 atom stereocenters. The number of piperidine rings is 1. The zero-order valence-corrected chi connectivity index (χ0v) is 19.3. The Kier molecular flexibility index (Phi) is 5.67. The molecule has 3 aliphatic rings. The van der Waals surface area contributed by atoms with Gasteiger partial charge in [-0.2, -0.15) is 0 Å². The summed E-state index contributed by atoms with van der Waals surface area (Å²) in [5.74, 6) is -2.02. The molecule has 2 saturated heterocycles. The first-order valence-corrected chi connectivity index (χ1v) is 11.8. The van der Waals surface area contributed by atoms with Gasteiger partial charge in [-0.3, -0.25) is 19.3 Å². The number of carboxylic acid groups (broad SMARTS) is 1. The third-order valence-corrected chi connectivity index (χ3v) is 7.45. The lowest BCUT2D eigenvalue weighted by molar-refractivity contribution is -0.168.